The van der Waals surface area contributed by atoms with Gasteiger partial charge in [-0.1, -0.05) is 12.2 Å². The largest absolute Gasteiger partial charge is 0.121 e. The molecule has 0 bridgehead atoms. The quantitative estimate of drug-likeness (QED) is 0.454. The molecule has 0 saturated heterocycles. The lowest BCUT2D eigenvalue weighted by Crippen LogP contribution is -2.57. The number of halogens is 4. The summed E-state index contributed by atoms with van der Waals surface area (Å²) >= 11 is 24.1. The van der Waals surface area contributed by atoms with E-state index < -0.39 is 0 Å². The monoisotopic (exact) mass is 244 g/mol. The molecule has 1 saturated carbocycles. The maximum Gasteiger partial charge on any atom is 0.0563 e. The van der Waals surface area contributed by atoms with Crippen molar-refractivity contribution in [3.63, 3.8) is 0 Å². The number of allylic oxidation sites excluding steroid dienone is 2. The highest BCUT2D eigenvalue weighted by molar-refractivity contribution is 6.34. The van der Waals surface area contributed by atoms with Crippen LogP contribution in [0.5, 0.6) is 0 Å². The van der Waals surface area contributed by atoms with Gasteiger partial charge in [-0.3, -0.25) is 0 Å². The lowest BCUT2D eigenvalue weighted by Gasteiger charge is -2.51. The number of fused-ring (bicyclic) bond motifs is 1. The van der Waals surface area contributed by atoms with Crippen LogP contribution in [0.4, 0.5) is 0 Å². The van der Waals surface area contributed by atoms with Gasteiger partial charge in [0.25, 0.3) is 0 Å². The molecule has 0 aromatic rings. The number of hydrogen-bond acceptors (Lipinski definition) is 0. The summed E-state index contributed by atoms with van der Waals surface area (Å²) in [6, 6.07) is 0. The predicted molar refractivity (Wildman–Crippen MR) is 54.7 cm³/mol. The third-order valence-corrected chi connectivity index (χ3v) is 4.82. The van der Waals surface area contributed by atoms with E-state index in [1.807, 2.05) is 12.2 Å². The zero-order valence-electron chi connectivity index (χ0n) is 6.13. The molecule has 0 N–H and O–H groups in total. The summed E-state index contributed by atoms with van der Waals surface area (Å²) in [5, 5.41) is -0.0410. The average Bonchev–Trinajstić information content (AvgIpc) is 2.07. The van der Waals surface area contributed by atoms with Gasteiger partial charge < -0.3 is 0 Å². The van der Waals surface area contributed by atoms with Crippen LogP contribution >= 0.6 is 46.4 Å². The van der Waals surface area contributed by atoms with Gasteiger partial charge in [-0.05, 0) is 0 Å². The Hall–Kier alpha value is 0.900. The second kappa shape index (κ2) is 3.24. The van der Waals surface area contributed by atoms with Crippen LogP contribution < -0.4 is 0 Å². The summed E-state index contributed by atoms with van der Waals surface area (Å²) in [5.41, 5.74) is 0. The van der Waals surface area contributed by atoms with Crippen LogP contribution in [0.1, 0.15) is 0 Å². The number of rotatable bonds is 0. The first-order valence-electron chi connectivity index (χ1n) is 3.87. The van der Waals surface area contributed by atoms with E-state index in [-0.39, 0.29) is 33.3 Å². The van der Waals surface area contributed by atoms with E-state index in [1.54, 1.807) is 0 Å². The Morgan fingerprint density at radius 1 is 0.667 bits per heavy atom. The molecule has 0 aromatic carbocycles. The van der Waals surface area contributed by atoms with Gasteiger partial charge in [0, 0.05) is 11.8 Å². The molecule has 12 heavy (non-hydrogen) atoms. The molecule has 4 heteroatoms. The second-order valence-corrected chi connectivity index (χ2v) is 5.33. The molecule has 6 atom stereocenters. The predicted octanol–water partition coefficient (Wildman–Crippen LogP) is 3.23. The molecule has 0 heterocycles. The van der Waals surface area contributed by atoms with Gasteiger partial charge in [0.2, 0.25) is 0 Å². The fourth-order valence-corrected chi connectivity index (χ4v) is 3.90. The van der Waals surface area contributed by atoms with Gasteiger partial charge in [0.05, 0.1) is 21.5 Å². The van der Waals surface area contributed by atoms with E-state index >= 15 is 0 Å². The maximum atomic E-state index is 6.05. The Kier molecular flexibility index (Phi) is 2.55. The Morgan fingerprint density at radius 2 is 1.00 bits per heavy atom. The van der Waals surface area contributed by atoms with Gasteiger partial charge in [-0.2, -0.15) is 0 Å². The minimum atomic E-state index is -0.0228. The highest BCUT2D eigenvalue weighted by Gasteiger charge is 2.54. The second-order valence-electron chi connectivity index (χ2n) is 3.32. The number of hydrogen-bond donors (Lipinski definition) is 0. The molecule has 2 aliphatic carbocycles. The summed E-state index contributed by atoms with van der Waals surface area (Å²) in [5.74, 6) is 0.506. The first-order valence-corrected chi connectivity index (χ1v) is 5.62. The zero-order valence-corrected chi connectivity index (χ0v) is 9.15. The highest BCUT2D eigenvalue weighted by Crippen LogP contribution is 2.51. The molecule has 2 aliphatic rings. The van der Waals surface area contributed by atoms with Crippen molar-refractivity contribution in [3.05, 3.63) is 12.2 Å². The minimum Gasteiger partial charge on any atom is -0.121 e. The Labute approximate surface area is 91.8 Å². The van der Waals surface area contributed by atoms with Gasteiger partial charge in [0.1, 0.15) is 0 Å². The fraction of sp³-hybridized carbons (Fsp3) is 0.750. The Balaban J connectivity index is 2.20. The molecule has 2 rings (SSSR count). The van der Waals surface area contributed by atoms with Gasteiger partial charge in [0.15, 0.2) is 0 Å². The van der Waals surface area contributed by atoms with Crippen LogP contribution in [0.15, 0.2) is 12.2 Å². The van der Waals surface area contributed by atoms with Crippen LogP contribution in [-0.4, -0.2) is 21.5 Å². The van der Waals surface area contributed by atoms with Crippen molar-refractivity contribution in [2.24, 2.45) is 11.8 Å². The lowest BCUT2D eigenvalue weighted by atomic mass is 9.66. The van der Waals surface area contributed by atoms with Crippen molar-refractivity contribution >= 4 is 46.4 Å². The first-order chi connectivity index (χ1) is 5.63. The van der Waals surface area contributed by atoms with E-state index in [1.165, 1.54) is 0 Å². The van der Waals surface area contributed by atoms with Crippen molar-refractivity contribution in [1.29, 1.82) is 0 Å². The summed E-state index contributed by atoms with van der Waals surface area (Å²) in [6.45, 7) is 0. The van der Waals surface area contributed by atoms with Gasteiger partial charge in [-0.15, -0.1) is 46.4 Å². The SMILES string of the molecule is Cl[C@@H]1[C@H](Cl)[C@H]2[C@H]1[C@H](Cl)C=C[C@H]2Cl. The van der Waals surface area contributed by atoms with E-state index in [0.29, 0.717) is 0 Å². The van der Waals surface area contributed by atoms with Crippen molar-refractivity contribution in [2.45, 2.75) is 21.5 Å². The first kappa shape index (κ1) is 9.45. The van der Waals surface area contributed by atoms with Gasteiger partial charge >= 0.3 is 0 Å². The Bertz CT molecular complexity index is 193. The van der Waals surface area contributed by atoms with Crippen LogP contribution in [-0.2, 0) is 0 Å². The summed E-state index contributed by atoms with van der Waals surface area (Å²) in [4.78, 5) is 0. The van der Waals surface area contributed by atoms with Crippen molar-refractivity contribution in [3.8, 4) is 0 Å². The normalized spacial score (nSPS) is 57.7. The molecule has 0 unspecified atom stereocenters. The molecular weight excluding hydrogens is 238 g/mol. The molecule has 0 radical (unpaired) electrons. The lowest BCUT2D eigenvalue weighted by molar-refractivity contribution is 0.194. The highest BCUT2D eigenvalue weighted by atomic mass is 35.5. The van der Waals surface area contributed by atoms with Crippen molar-refractivity contribution in [1.82, 2.24) is 0 Å². The van der Waals surface area contributed by atoms with E-state index in [9.17, 15) is 0 Å². The minimum absolute atomic E-state index is 0.00231. The molecule has 1 fully saturated rings. The topological polar surface area (TPSA) is 0 Å². The van der Waals surface area contributed by atoms with E-state index in [2.05, 4.69) is 0 Å². The third kappa shape index (κ3) is 1.19. The van der Waals surface area contributed by atoms with Crippen LogP contribution in [0.2, 0.25) is 0 Å². The average molecular weight is 246 g/mol. The molecule has 0 aromatic heterocycles. The molecular formula is C8H8Cl4. The smallest absolute Gasteiger partial charge is 0.0563 e. The summed E-state index contributed by atoms with van der Waals surface area (Å²) in [6.07, 6.45) is 3.83. The summed E-state index contributed by atoms with van der Waals surface area (Å²) in [7, 11) is 0. The zero-order chi connectivity index (χ0) is 8.88. The van der Waals surface area contributed by atoms with Crippen LogP contribution in [0, 0.1) is 11.8 Å². The van der Waals surface area contributed by atoms with Crippen molar-refractivity contribution < 1.29 is 0 Å². The van der Waals surface area contributed by atoms with Crippen LogP contribution in [0.25, 0.3) is 0 Å². The van der Waals surface area contributed by atoms with E-state index in [0.717, 1.165) is 0 Å². The Morgan fingerprint density at radius 3 is 1.33 bits per heavy atom. The summed E-state index contributed by atoms with van der Waals surface area (Å²) < 4.78 is 0. The van der Waals surface area contributed by atoms with Crippen molar-refractivity contribution in [2.75, 3.05) is 0 Å². The molecule has 0 amide bonds. The molecule has 0 spiro atoms. The number of alkyl halides is 4. The molecule has 0 nitrogen and oxygen atoms in total. The molecule has 68 valence electrons. The van der Waals surface area contributed by atoms with E-state index in [4.69, 9.17) is 46.4 Å². The fourth-order valence-electron chi connectivity index (χ4n) is 1.95. The standard InChI is InChI=1S/C8H8Cl4/c9-3-1-2-4(10)6-5(3)7(11)8(6)12/h1-8H/t3-,4-,5-,6-,7-,8+/m1/s1. The van der Waals surface area contributed by atoms with Crippen LogP contribution in [0.3, 0.4) is 0 Å². The molecule has 0 aliphatic heterocycles. The van der Waals surface area contributed by atoms with Gasteiger partial charge in [-0.25, -0.2) is 0 Å². The third-order valence-electron chi connectivity index (χ3n) is 2.70. The maximum absolute atomic E-state index is 6.05.